The molecule has 0 atom stereocenters. The van der Waals surface area contributed by atoms with E-state index in [1.807, 2.05) is 0 Å². The molecule has 0 aliphatic heterocycles. The average Bonchev–Trinajstić information content (AvgIpc) is 2.58. The van der Waals surface area contributed by atoms with Crippen LogP contribution in [0.3, 0.4) is 0 Å². The van der Waals surface area contributed by atoms with Gasteiger partial charge in [0.15, 0.2) is 28.3 Å². The molecular formula is C17H10ClF4N3O2. The zero-order valence-electron chi connectivity index (χ0n) is 13.6. The Kier molecular flexibility index (Phi) is 4.88. The lowest BCUT2D eigenvalue weighted by atomic mass is 10.1. The molecule has 3 rings (SSSR count). The number of pyridine rings is 2. The summed E-state index contributed by atoms with van der Waals surface area (Å²) >= 11 is 5.63. The lowest BCUT2D eigenvalue weighted by Crippen LogP contribution is -2.30. The highest BCUT2D eigenvalue weighted by atomic mass is 35.5. The van der Waals surface area contributed by atoms with Gasteiger partial charge in [-0.3, -0.25) is 14.2 Å². The van der Waals surface area contributed by atoms with Crippen molar-refractivity contribution < 1.29 is 22.4 Å². The van der Waals surface area contributed by atoms with E-state index in [1.54, 1.807) is 6.92 Å². The third-order valence-corrected chi connectivity index (χ3v) is 3.96. The summed E-state index contributed by atoms with van der Waals surface area (Å²) < 4.78 is 56.3. The minimum absolute atomic E-state index is 0.169. The second kappa shape index (κ2) is 6.99. The summed E-state index contributed by atoms with van der Waals surface area (Å²) in [4.78, 5) is 28.4. The van der Waals surface area contributed by atoms with E-state index in [0.29, 0.717) is 18.2 Å². The van der Waals surface area contributed by atoms with E-state index in [9.17, 15) is 27.2 Å². The third-order valence-electron chi connectivity index (χ3n) is 3.69. The molecule has 1 aromatic carbocycles. The van der Waals surface area contributed by atoms with E-state index in [1.165, 1.54) is 0 Å². The molecular weight excluding hydrogens is 390 g/mol. The van der Waals surface area contributed by atoms with Gasteiger partial charge in [0.1, 0.15) is 17.1 Å². The maximum Gasteiger partial charge on any atom is 0.256 e. The molecule has 0 aliphatic carbocycles. The predicted octanol–water partition coefficient (Wildman–Crippen LogP) is 3.35. The molecule has 0 unspecified atom stereocenters. The Balaban J connectivity index is 2.48. The summed E-state index contributed by atoms with van der Waals surface area (Å²) in [6.45, 7) is 1.76. The van der Waals surface area contributed by atoms with E-state index < -0.39 is 62.0 Å². The first-order valence-corrected chi connectivity index (χ1v) is 7.97. The average molecular weight is 400 g/mol. The first kappa shape index (κ1) is 18.8. The molecule has 0 saturated carbocycles. The van der Waals surface area contributed by atoms with Gasteiger partial charge in [-0.15, -0.1) is 0 Å². The molecule has 2 heterocycles. The number of aromatic nitrogens is 2. The second-order valence-electron chi connectivity index (χ2n) is 5.45. The fourth-order valence-corrected chi connectivity index (χ4v) is 2.69. The van der Waals surface area contributed by atoms with Crippen molar-refractivity contribution in [2.45, 2.75) is 6.92 Å². The summed E-state index contributed by atoms with van der Waals surface area (Å²) in [7, 11) is 0. The van der Waals surface area contributed by atoms with Crippen molar-refractivity contribution in [3.8, 4) is 5.69 Å². The summed E-state index contributed by atoms with van der Waals surface area (Å²) in [5.41, 5.74) is -2.61. The summed E-state index contributed by atoms with van der Waals surface area (Å²) in [5.74, 6) is -5.69. The molecule has 3 aromatic rings. The second-order valence-corrected chi connectivity index (χ2v) is 5.81. The van der Waals surface area contributed by atoms with Gasteiger partial charge in [0, 0.05) is 24.9 Å². The molecule has 10 heteroatoms. The Labute approximate surface area is 154 Å². The fraction of sp³-hybridized carbons (Fsp3) is 0.118. The number of carbonyl (C=O) groups excluding carboxylic acids is 1. The number of hydrogen-bond donors (Lipinski definition) is 1. The number of fused-ring (bicyclic) bond motifs is 1. The molecule has 0 bridgehead atoms. The Morgan fingerprint density at radius 1 is 1.15 bits per heavy atom. The van der Waals surface area contributed by atoms with Crippen LogP contribution in [-0.2, 0) is 0 Å². The molecule has 140 valence electrons. The Morgan fingerprint density at radius 2 is 1.78 bits per heavy atom. The summed E-state index contributed by atoms with van der Waals surface area (Å²) in [6, 6.07) is 1.55. The Morgan fingerprint density at radius 3 is 2.37 bits per heavy atom. The molecule has 0 saturated heterocycles. The summed E-state index contributed by atoms with van der Waals surface area (Å²) in [5, 5.41) is 1.29. The molecule has 0 spiro atoms. The molecule has 1 amide bonds. The number of benzene rings is 1. The first-order chi connectivity index (χ1) is 12.7. The van der Waals surface area contributed by atoms with Crippen molar-refractivity contribution in [2.24, 2.45) is 0 Å². The van der Waals surface area contributed by atoms with Gasteiger partial charge in [0.2, 0.25) is 5.43 Å². The van der Waals surface area contributed by atoms with Crippen LogP contribution < -0.4 is 10.7 Å². The first-order valence-electron chi connectivity index (χ1n) is 7.59. The quantitative estimate of drug-likeness (QED) is 0.542. The van der Waals surface area contributed by atoms with Crippen LogP contribution in [0.4, 0.5) is 17.6 Å². The maximum atomic E-state index is 14.3. The molecule has 1 N–H and O–H groups in total. The van der Waals surface area contributed by atoms with E-state index in [0.717, 1.165) is 10.8 Å². The SMILES string of the molecule is CCNC(=O)c1cn(-c2c(F)cc(F)cc2F)c2nc(Cl)c(F)cc2c1=O. The zero-order valence-corrected chi connectivity index (χ0v) is 14.4. The maximum absolute atomic E-state index is 14.3. The monoisotopic (exact) mass is 399 g/mol. The lowest BCUT2D eigenvalue weighted by Gasteiger charge is -2.14. The molecule has 27 heavy (non-hydrogen) atoms. The zero-order chi connectivity index (χ0) is 19.9. The van der Waals surface area contributed by atoms with Gasteiger partial charge < -0.3 is 5.32 Å². The van der Waals surface area contributed by atoms with Gasteiger partial charge in [0.25, 0.3) is 5.91 Å². The van der Waals surface area contributed by atoms with Gasteiger partial charge in [0.05, 0.1) is 5.39 Å². The Hall–Kier alpha value is -2.94. The number of hydrogen-bond acceptors (Lipinski definition) is 3. The van der Waals surface area contributed by atoms with Crippen molar-refractivity contribution in [3.63, 3.8) is 0 Å². The minimum Gasteiger partial charge on any atom is -0.352 e. The number of halogens is 5. The van der Waals surface area contributed by atoms with Crippen LogP contribution in [0, 0.1) is 23.3 Å². The highest BCUT2D eigenvalue weighted by Crippen LogP contribution is 2.25. The van der Waals surface area contributed by atoms with E-state index in [2.05, 4.69) is 10.3 Å². The van der Waals surface area contributed by atoms with Crippen molar-refractivity contribution in [2.75, 3.05) is 6.54 Å². The van der Waals surface area contributed by atoms with Crippen LogP contribution in [0.25, 0.3) is 16.7 Å². The molecule has 5 nitrogen and oxygen atoms in total. The van der Waals surface area contributed by atoms with E-state index in [-0.39, 0.29) is 6.54 Å². The molecule has 2 aromatic heterocycles. The van der Waals surface area contributed by atoms with Crippen LogP contribution in [0.1, 0.15) is 17.3 Å². The van der Waals surface area contributed by atoms with Crippen LogP contribution in [-0.4, -0.2) is 22.0 Å². The Bertz CT molecular complexity index is 1120. The van der Waals surface area contributed by atoms with E-state index in [4.69, 9.17) is 11.6 Å². The van der Waals surface area contributed by atoms with Gasteiger partial charge in [-0.25, -0.2) is 22.5 Å². The molecule has 0 radical (unpaired) electrons. The van der Waals surface area contributed by atoms with Gasteiger partial charge in [-0.05, 0) is 13.0 Å². The van der Waals surface area contributed by atoms with Gasteiger partial charge >= 0.3 is 0 Å². The highest BCUT2D eigenvalue weighted by Gasteiger charge is 2.22. The number of carbonyl (C=O) groups is 1. The number of rotatable bonds is 3. The predicted molar refractivity (Wildman–Crippen MR) is 90.2 cm³/mol. The number of amides is 1. The minimum atomic E-state index is -1.32. The summed E-state index contributed by atoms with van der Waals surface area (Å²) in [6.07, 6.45) is 0.844. The van der Waals surface area contributed by atoms with Crippen molar-refractivity contribution >= 4 is 28.5 Å². The normalized spacial score (nSPS) is 11.0. The topological polar surface area (TPSA) is 64.0 Å². The fourth-order valence-electron chi connectivity index (χ4n) is 2.55. The van der Waals surface area contributed by atoms with Crippen LogP contribution in [0.15, 0.2) is 29.2 Å². The van der Waals surface area contributed by atoms with E-state index >= 15 is 0 Å². The van der Waals surface area contributed by atoms with Crippen molar-refractivity contribution in [1.29, 1.82) is 0 Å². The standard InChI is InChI=1S/C17H10ClF4N3O2/c1-2-23-17(27)9-6-25(13-10(20)3-7(19)4-11(13)21)16-8(14(9)26)5-12(22)15(18)24-16/h3-6H,2H2,1H3,(H,23,27). The van der Waals surface area contributed by atoms with Crippen LogP contribution in [0.2, 0.25) is 5.15 Å². The highest BCUT2D eigenvalue weighted by molar-refractivity contribution is 6.29. The van der Waals surface area contributed by atoms with Crippen LogP contribution in [0.5, 0.6) is 0 Å². The molecule has 0 aliphatic rings. The molecule has 0 fully saturated rings. The van der Waals surface area contributed by atoms with Gasteiger partial charge in [-0.1, -0.05) is 11.6 Å². The van der Waals surface area contributed by atoms with Crippen molar-refractivity contribution in [3.05, 3.63) is 68.6 Å². The van der Waals surface area contributed by atoms with Gasteiger partial charge in [-0.2, -0.15) is 0 Å². The smallest absolute Gasteiger partial charge is 0.256 e. The third kappa shape index (κ3) is 3.25. The van der Waals surface area contributed by atoms with Crippen LogP contribution >= 0.6 is 11.6 Å². The largest absolute Gasteiger partial charge is 0.352 e. The number of nitrogens with zero attached hydrogens (tertiary/aromatic N) is 2. The number of nitrogens with one attached hydrogen (secondary N) is 1. The lowest BCUT2D eigenvalue weighted by molar-refractivity contribution is 0.0954. The van der Waals surface area contributed by atoms with Crippen molar-refractivity contribution in [1.82, 2.24) is 14.9 Å².